The van der Waals surface area contributed by atoms with Crippen LogP contribution in [0.15, 0.2) is 0 Å². The van der Waals surface area contributed by atoms with Crippen LogP contribution in [0.2, 0.25) is 0 Å². The van der Waals surface area contributed by atoms with Crippen molar-refractivity contribution in [1.82, 2.24) is 20.4 Å². The predicted octanol–water partition coefficient (Wildman–Crippen LogP) is 1.73. The van der Waals surface area contributed by atoms with Gasteiger partial charge in [0.05, 0.1) is 11.5 Å². The standard InChI is InChI=1S/C15H25N5O3.ClH/c1-11-14(20(22)23)12(2)19(18-11)9-4-13(21)17-10-15(3)5-7-16-8-6-15;/h16H,4-10H2,1-3H3,(H,17,21);1H. The van der Waals surface area contributed by atoms with E-state index in [1.165, 1.54) is 0 Å². The van der Waals surface area contributed by atoms with Crippen LogP contribution in [-0.2, 0) is 11.3 Å². The summed E-state index contributed by atoms with van der Waals surface area (Å²) >= 11 is 0. The molecule has 1 fully saturated rings. The maximum absolute atomic E-state index is 12.0. The van der Waals surface area contributed by atoms with Crippen molar-refractivity contribution in [2.75, 3.05) is 19.6 Å². The summed E-state index contributed by atoms with van der Waals surface area (Å²) in [4.78, 5) is 22.6. The second-order valence-electron chi connectivity index (χ2n) is 6.59. The normalized spacial score (nSPS) is 16.3. The van der Waals surface area contributed by atoms with E-state index in [4.69, 9.17) is 0 Å². The fourth-order valence-electron chi connectivity index (χ4n) is 2.98. The van der Waals surface area contributed by atoms with Gasteiger partial charge in [-0.15, -0.1) is 12.4 Å². The van der Waals surface area contributed by atoms with E-state index < -0.39 is 4.92 Å². The molecule has 0 saturated carbocycles. The van der Waals surface area contributed by atoms with E-state index in [1.807, 2.05) is 0 Å². The third kappa shape index (κ3) is 4.91. The highest BCUT2D eigenvalue weighted by Gasteiger charge is 2.27. The Morgan fingerprint density at radius 3 is 2.58 bits per heavy atom. The molecule has 0 spiro atoms. The number of halogens is 1. The molecule has 0 aliphatic carbocycles. The van der Waals surface area contributed by atoms with E-state index >= 15 is 0 Å². The smallest absolute Gasteiger partial charge is 0.312 e. The molecule has 0 atom stereocenters. The number of amides is 1. The number of hydrogen-bond acceptors (Lipinski definition) is 5. The lowest BCUT2D eigenvalue weighted by atomic mass is 9.81. The average molecular weight is 360 g/mol. The van der Waals surface area contributed by atoms with Crippen molar-refractivity contribution >= 4 is 24.0 Å². The van der Waals surface area contributed by atoms with Crippen LogP contribution in [0.4, 0.5) is 5.69 Å². The molecule has 1 amide bonds. The molecule has 2 heterocycles. The number of nitro groups is 1. The van der Waals surface area contributed by atoms with Crippen molar-refractivity contribution in [2.45, 2.75) is 46.6 Å². The number of nitrogens with zero attached hydrogens (tertiary/aromatic N) is 3. The summed E-state index contributed by atoms with van der Waals surface area (Å²) in [5, 5.41) is 21.4. The average Bonchev–Trinajstić information content (AvgIpc) is 2.78. The molecule has 2 rings (SSSR count). The molecule has 9 heteroatoms. The Kier molecular flexibility index (Phi) is 7.16. The Hall–Kier alpha value is -1.67. The Morgan fingerprint density at radius 2 is 2.04 bits per heavy atom. The molecule has 1 aromatic heterocycles. The molecule has 2 N–H and O–H groups in total. The summed E-state index contributed by atoms with van der Waals surface area (Å²) in [6.45, 7) is 8.46. The van der Waals surface area contributed by atoms with Crippen LogP contribution in [-0.4, -0.2) is 40.2 Å². The molecular weight excluding hydrogens is 334 g/mol. The van der Waals surface area contributed by atoms with Crippen molar-refractivity contribution in [3.63, 3.8) is 0 Å². The van der Waals surface area contributed by atoms with Gasteiger partial charge in [-0.2, -0.15) is 5.10 Å². The minimum Gasteiger partial charge on any atom is -0.355 e. The minimum atomic E-state index is -0.424. The zero-order valence-electron chi connectivity index (χ0n) is 14.4. The second kappa shape index (κ2) is 8.43. The maximum atomic E-state index is 12.0. The molecule has 0 bridgehead atoms. The highest BCUT2D eigenvalue weighted by molar-refractivity contribution is 5.85. The van der Waals surface area contributed by atoms with Crippen LogP contribution in [0.25, 0.3) is 0 Å². The third-order valence-corrected chi connectivity index (χ3v) is 4.60. The summed E-state index contributed by atoms with van der Waals surface area (Å²) in [6, 6.07) is 0. The molecule has 1 aliphatic heterocycles. The van der Waals surface area contributed by atoms with E-state index in [1.54, 1.807) is 18.5 Å². The zero-order chi connectivity index (χ0) is 17.0. The number of aryl methyl sites for hydroxylation is 2. The topological polar surface area (TPSA) is 102 Å². The van der Waals surface area contributed by atoms with Gasteiger partial charge in [0.15, 0.2) is 0 Å². The van der Waals surface area contributed by atoms with E-state index in [9.17, 15) is 14.9 Å². The Balaban J connectivity index is 0.00000288. The van der Waals surface area contributed by atoms with Crippen molar-refractivity contribution < 1.29 is 9.72 Å². The fourth-order valence-corrected chi connectivity index (χ4v) is 2.98. The number of carbonyl (C=O) groups is 1. The van der Waals surface area contributed by atoms with Gasteiger partial charge in [0.1, 0.15) is 11.4 Å². The van der Waals surface area contributed by atoms with Crippen molar-refractivity contribution in [2.24, 2.45) is 5.41 Å². The monoisotopic (exact) mass is 359 g/mol. The van der Waals surface area contributed by atoms with E-state index in [-0.39, 0.29) is 35.8 Å². The van der Waals surface area contributed by atoms with Crippen LogP contribution in [0.1, 0.15) is 37.6 Å². The van der Waals surface area contributed by atoms with Gasteiger partial charge < -0.3 is 10.6 Å². The first-order valence-corrected chi connectivity index (χ1v) is 7.98. The van der Waals surface area contributed by atoms with Gasteiger partial charge in [0.25, 0.3) is 0 Å². The summed E-state index contributed by atoms with van der Waals surface area (Å²) in [6.07, 6.45) is 2.38. The van der Waals surface area contributed by atoms with Crippen LogP contribution in [0, 0.1) is 29.4 Å². The Labute approximate surface area is 147 Å². The van der Waals surface area contributed by atoms with E-state index in [0.29, 0.717) is 24.5 Å². The molecule has 136 valence electrons. The highest BCUT2D eigenvalue weighted by atomic mass is 35.5. The van der Waals surface area contributed by atoms with Gasteiger partial charge in [-0.3, -0.25) is 19.6 Å². The molecule has 0 unspecified atom stereocenters. The molecular formula is C15H26ClN5O3. The van der Waals surface area contributed by atoms with Crippen LogP contribution < -0.4 is 10.6 Å². The third-order valence-electron chi connectivity index (χ3n) is 4.60. The summed E-state index contributed by atoms with van der Waals surface area (Å²) in [5.74, 6) is -0.0417. The second-order valence-corrected chi connectivity index (χ2v) is 6.59. The molecule has 0 radical (unpaired) electrons. The number of hydrogen-bond donors (Lipinski definition) is 2. The SMILES string of the molecule is Cc1nn(CCC(=O)NCC2(C)CCNCC2)c(C)c1[N+](=O)[O-].Cl. The first-order chi connectivity index (χ1) is 10.8. The first-order valence-electron chi connectivity index (χ1n) is 7.98. The predicted molar refractivity (Wildman–Crippen MR) is 93.4 cm³/mol. The van der Waals surface area contributed by atoms with Crippen LogP contribution in [0.5, 0.6) is 0 Å². The van der Waals surface area contributed by atoms with Crippen molar-refractivity contribution in [1.29, 1.82) is 0 Å². The number of carbonyl (C=O) groups excluding carboxylic acids is 1. The molecule has 1 saturated heterocycles. The molecule has 0 aromatic carbocycles. The molecule has 8 nitrogen and oxygen atoms in total. The number of aromatic nitrogens is 2. The minimum absolute atomic E-state index is 0. The quantitative estimate of drug-likeness (QED) is 0.594. The molecule has 1 aromatic rings. The maximum Gasteiger partial charge on any atom is 0.312 e. The number of piperidine rings is 1. The largest absolute Gasteiger partial charge is 0.355 e. The van der Waals surface area contributed by atoms with Gasteiger partial charge in [-0.25, -0.2) is 0 Å². The molecule has 24 heavy (non-hydrogen) atoms. The van der Waals surface area contributed by atoms with Crippen LogP contribution >= 0.6 is 12.4 Å². The summed E-state index contributed by atoms with van der Waals surface area (Å²) in [7, 11) is 0. The first kappa shape index (κ1) is 20.4. The Bertz CT molecular complexity index is 596. The lowest BCUT2D eigenvalue weighted by molar-refractivity contribution is -0.386. The van der Waals surface area contributed by atoms with E-state index in [2.05, 4.69) is 22.7 Å². The van der Waals surface area contributed by atoms with Gasteiger partial charge in [-0.1, -0.05) is 6.92 Å². The van der Waals surface area contributed by atoms with Crippen molar-refractivity contribution in [3.8, 4) is 0 Å². The number of nitrogens with one attached hydrogen (secondary N) is 2. The van der Waals surface area contributed by atoms with Gasteiger partial charge >= 0.3 is 5.69 Å². The Morgan fingerprint density at radius 1 is 1.42 bits per heavy atom. The summed E-state index contributed by atoms with van der Waals surface area (Å²) in [5.41, 5.74) is 1.06. The lowest BCUT2D eigenvalue weighted by Gasteiger charge is -2.34. The van der Waals surface area contributed by atoms with Gasteiger partial charge in [0.2, 0.25) is 5.91 Å². The lowest BCUT2D eigenvalue weighted by Crippen LogP contribution is -2.43. The van der Waals surface area contributed by atoms with Crippen molar-refractivity contribution in [3.05, 3.63) is 21.5 Å². The van der Waals surface area contributed by atoms with Gasteiger partial charge in [-0.05, 0) is 45.2 Å². The van der Waals surface area contributed by atoms with E-state index in [0.717, 1.165) is 25.9 Å². The highest BCUT2D eigenvalue weighted by Crippen LogP contribution is 2.26. The zero-order valence-corrected chi connectivity index (χ0v) is 15.2. The van der Waals surface area contributed by atoms with Crippen LogP contribution in [0.3, 0.4) is 0 Å². The summed E-state index contributed by atoms with van der Waals surface area (Å²) < 4.78 is 1.54. The molecule has 1 aliphatic rings. The number of rotatable bonds is 6. The van der Waals surface area contributed by atoms with Gasteiger partial charge in [0, 0.05) is 13.0 Å². The fraction of sp³-hybridized carbons (Fsp3) is 0.733.